The molecule has 1 saturated heterocycles. The first-order valence-corrected chi connectivity index (χ1v) is 8.14. The number of carbonyl (C=O) groups excluding carboxylic acids is 1. The van der Waals surface area contributed by atoms with E-state index in [0.29, 0.717) is 19.7 Å². The predicted molar refractivity (Wildman–Crippen MR) is 89.5 cm³/mol. The fraction of sp³-hybridized carbons (Fsp3) is 0.389. The van der Waals surface area contributed by atoms with Gasteiger partial charge in [-0.25, -0.2) is 0 Å². The second kappa shape index (κ2) is 7.94. The lowest BCUT2D eigenvalue weighted by Gasteiger charge is -2.31. The molecule has 7 nitrogen and oxygen atoms in total. The van der Waals surface area contributed by atoms with Gasteiger partial charge in [0, 0.05) is 31.5 Å². The molecular weight excluding hydrogens is 324 g/mol. The largest absolute Gasteiger partial charge is 0.490 e. The Labute approximate surface area is 145 Å². The van der Waals surface area contributed by atoms with Crippen LogP contribution in [-0.2, 0) is 11.3 Å². The number of pyridine rings is 1. The summed E-state index contributed by atoms with van der Waals surface area (Å²) < 4.78 is 16.0. The van der Waals surface area contributed by atoms with Gasteiger partial charge >= 0.3 is 0 Å². The van der Waals surface area contributed by atoms with Crippen molar-refractivity contribution in [2.24, 2.45) is 0 Å². The van der Waals surface area contributed by atoms with Crippen LogP contribution in [0.25, 0.3) is 0 Å². The maximum absolute atomic E-state index is 12.4. The normalized spacial score (nSPS) is 15.2. The predicted octanol–water partition coefficient (Wildman–Crippen LogP) is 1.86. The molecule has 1 amide bonds. The van der Waals surface area contributed by atoms with E-state index in [-0.39, 0.29) is 28.9 Å². The highest BCUT2D eigenvalue weighted by atomic mass is 16.5. The fourth-order valence-corrected chi connectivity index (χ4v) is 2.74. The zero-order chi connectivity index (χ0) is 17.6. The van der Waals surface area contributed by atoms with E-state index in [4.69, 9.17) is 13.9 Å². The van der Waals surface area contributed by atoms with Crippen LogP contribution in [-0.4, -0.2) is 42.1 Å². The molecule has 0 bridgehead atoms. The molecule has 0 unspecified atom stereocenters. The number of likely N-dealkylation sites (tertiary alicyclic amines) is 1. The van der Waals surface area contributed by atoms with Crippen LogP contribution >= 0.6 is 0 Å². The number of hydrogen-bond acceptors (Lipinski definition) is 6. The van der Waals surface area contributed by atoms with Crippen LogP contribution in [0.2, 0.25) is 0 Å². The summed E-state index contributed by atoms with van der Waals surface area (Å²) in [6, 6.07) is 5.02. The molecule has 2 aromatic rings. The SMILES string of the molecule is COc1coc(C(=O)N2CCC(OCc3cccnc3)CC2)cc1=O. The number of ether oxygens (including phenoxy) is 2. The summed E-state index contributed by atoms with van der Waals surface area (Å²) >= 11 is 0. The van der Waals surface area contributed by atoms with Crippen LogP contribution in [0, 0.1) is 0 Å². The molecule has 1 aliphatic rings. The van der Waals surface area contributed by atoms with Crippen molar-refractivity contribution in [3.8, 4) is 5.75 Å². The first-order chi connectivity index (χ1) is 12.2. The number of nitrogens with zero attached hydrogens (tertiary/aromatic N) is 2. The van der Waals surface area contributed by atoms with Gasteiger partial charge in [-0.2, -0.15) is 0 Å². The summed E-state index contributed by atoms with van der Waals surface area (Å²) in [5.41, 5.74) is 0.660. The zero-order valence-corrected chi connectivity index (χ0v) is 14.0. The summed E-state index contributed by atoms with van der Waals surface area (Å²) in [6.07, 6.45) is 6.26. The number of hydrogen-bond donors (Lipinski definition) is 0. The minimum Gasteiger partial charge on any atom is -0.490 e. The molecule has 0 aromatic carbocycles. The average Bonchev–Trinajstić information content (AvgIpc) is 2.67. The first-order valence-electron chi connectivity index (χ1n) is 8.14. The van der Waals surface area contributed by atoms with Crippen molar-refractivity contribution in [1.82, 2.24) is 9.88 Å². The summed E-state index contributed by atoms with van der Waals surface area (Å²) in [5.74, 6) is -0.176. The van der Waals surface area contributed by atoms with Crippen molar-refractivity contribution in [2.45, 2.75) is 25.6 Å². The molecule has 0 aliphatic carbocycles. The Kier molecular flexibility index (Phi) is 5.45. The van der Waals surface area contributed by atoms with E-state index in [9.17, 15) is 9.59 Å². The summed E-state index contributed by atoms with van der Waals surface area (Å²) in [5, 5.41) is 0. The third kappa shape index (κ3) is 4.24. The van der Waals surface area contributed by atoms with Gasteiger partial charge in [-0.15, -0.1) is 0 Å². The summed E-state index contributed by atoms with van der Waals surface area (Å²) in [4.78, 5) is 29.9. The van der Waals surface area contributed by atoms with Gasteiger partial charge in [0.25, 0.3) is 5.91 Å². The molecule has 0 N–H and O–H groups in total. The smallest absolute Gasteiger partial charge is 0.289 e. The van der Waals surface area contributed by atoms with Crippen LogP contribution in [0.4, 0.5) is 0 Å². The van der Waals surface area contributed by atoms with Gasteiger partial charge in [0.2, 0.25) is 11.2 Å². The van der Waals surface area contributed by atoms with Gasteiger partial charge in [-0.3, -0.25) is 14.6 Å². The van der Waals surface area contributed by atoms with Crippen molar-refractivity contribution in [1.29, 1.82) is 0 Å². The molecule has 0 spiro atoms. The molecule has 1 aliphatic heterocycles. The van der Waals surface area contributed by atoms with Gasteiger partial charge in [0.15, 0.2) is 5.76 Å². The van der Waals surface area contributed by atoms with Gasteiger partial charge in [-0.05, 0) is 24.5 Å². The molecule has 3 heterocycles. The van der Waals surface area contributed by atoms with Crippen LogP contribution in [0.5, 0.6) is 5.75 Å². The Balaban J connectivity index is 1.52. The Morgan fingerprint density at radius 2 is 2.20 bits per heavy atom. The average molecular weight is 344 g/mol. The maximum Gasteiger partial charge on any atom is 0.289 e. The van der Waals surface area contributed by atoms with Crippen LogP contribution < -0.4 is 10.2 Å². The van der Waals surface area contributed by atoms with Crippen molar-refractivity contribution >= 4 is 5.91 Å². The molecular formula is C18H20N2O5. The Bertz CT molecular complexity index is 767. The van der Waals surface area contributed by atoms with E-state index in [0.717, 1.165) is 18.4 Å². The molecule has 0 atom stereocenters. The minimum absolute atomic E-state index is 0.0283. The number of carbonyl (C=O) groups is 1. The molecule has 1 fully saturated rings. The number of amides is 1. The Morgan fingerprint density at radius 1 is 1.40 bits per heavy atom. The lowest BCUT2D eigenvalue weighted by atomic mass is 10.1. The van der Waals surface area contributed by atoms with Gasteiger partial charge < -0.3 is 18.8 Å². The van der Waals surface area contributed by atoms with Crippen LogP contribution in [0.15, 0.2) is 46.1 Å². The van der Waals surface area contributed by atoms with Crippen molar-refractivity contribution in [3.05, 3.63) is 58.4 Å². The lowest BCUT2D eigenvalue weighted by molar-refractivity contribution is -0.00119. The van der Waals surface area contributed by atoms with E-state index in [1.54, 1.807) is 17.3 Å². The van der Waals surface area contributed by atoms with Gasteiger partial charge in [0.05, 0.1) is 19.8 Å². The third-order valence-corrected chi connectivity index (χ3v) is 4.17. The Morgan fingerprint density at radius 3 is 2.84 bits per heavy atom. The number of aromatic nitrogens is 1. The van der Waals surface area contributed by atoms with E-state index in [2.05, 4.69) is 4.98 Å². The zero-order valence-electron chi connectivity index (χ0n) is 14.0. The van der Waals surface area contributed by atoms with Crippen molar-refractivity contribution < 1.29 is 18.7 Å². The van der Waals surface area contributed by atoms with Crippen LogP contribution in [0.3, 0.4) is 0 Å². The molecule has 2 aromatic heterocycles. The van der Waals surface area contributed by atoms with Gasteiger partial charge in [-0.1, -0.05) is 6.07 Å². The molecule has 132 valence electrons. The van der Waals surface area contributed by atoms with Crippen LogP contribution in [0.1, 0.15) is 29.0 Å². The summed E-state index contributed by atoms with van der Waals surface area (Å²) in [7, 11) is 1.38. The topological polar surface area (TPSA) is 81.9 Å². The molecule has 7 heteroatoms. The molecule has 3 rings (SSSR count). The number of methoxy groups -OCH3 is 1. The third-order valence-electron chi connectivity index (χ3n) is 4.17. The van der Waals surface area contributed by atoms with E-state index < -0.39 is 0 Å². The highest BCUT2D eigenvalue weighted by Gasteiger charge is 2.25. The van der Waals surface area contributed by atoms with Crippen molar-refractivity contribution in [3.63, 3.8) is 0 Å². The van der Waals surface area contributed by atoms with Gasteiger partial charge in [0.1, 0.15) is 6.26 Å². The molecule has 0 saturated carbocycles. The fourth-order valence-electron chi connectivity index (χ4n) is 2.74. The highest BCUT2D eigenvalue weighted by Crippen LogP contribution is 2.18. The molecule has 0 radical (unpaired) electrons. The lowest BCUT2D eigenvalue weighted by Crippen LogP contribution is -2.41. The monoisotopic (exact) mass is 344 g/mol. The number of rotatable bonds is 5. The second-order valence-corrected chi connectivity index (χ2v) is 5.84. The van der Waals surface area contributed by atoms with E-state index in [1.165, 1.54) is 19.4 Å². The molecule has 25 heavy (non-hydrogen) atoms. The first kappa shape index (κ1) is 17.2. The maximum atomic E-state index is 12.4. The minimum atomic E-state index is -0.369. The highest BCUT2D eigenvalue weighted by molar-refractivity contribution is 5.91. The number of piperidine rings is 1. The Hall–Kier alpha value is -2.67. The van der Waals surface area contributed by atoms with E-state index in [1.807, 2.05) is 12.1 Å². The second-order valence-electron chi connectivity index (χ2n) is 5.84. The summed E-state index contributed by atoms with van der Waals surface area (Å²) in [6.45, 7) is 1.64. The quantitative estimate of drug-likeness (QED) is 0.823. The van der Waals surface area contributed by atoms with E-state index >= 15 is 0 Å². The standard InChI is InChI=1S/C18H20N2O5/c1-23-17-12-25-16(9-15(17)21)18(22)20-7-4-14(5-8-20)24-11-13-3-2-6-19-10-13/h2-3,6,9-10,12,14H,4-5,7-8,11H2,1H3. The van der Waals surface area contributed by atoms with Crippen molar-refractivity contribution in [2.75, 3.05) is 20.2 Å².